The van der Waals surface area contributed by atoms with E-state index in [0.29, 0.717) is 5.91 Å². The Kier molecular flexibility index (Phi) is 7.35. The molecule has 0 bridgehead atoms. The van der Waals surface area contributed by atoms with Gasteiger partial charge in [0.2, 0.25) is 5.91 Å². The molecule has 3 heterocycles. The van der Waals surface area contributed by atoms with E-state index in [1.165, 1.54) is 22.0 Å². The molecule has 174 valence electrons. The predicted molar refractivity (Wildman–Crippen MR) is 131 cm³/mol. The zero-order chi connectivity index (χ0) is 22.5. The lowest BCUT2D eigenvalue weighted by atomic mass is 10.1. The van der Waals surface area contributed by atoms with Crippen LogP contribution in [0.15, 0.2) is 29.4 Å². The minimum absolute atomic E-state index is 0.0277. The van der Waals surface area contributed by atoms with Crippen molar-refractivity contribution in [1.29, 1.82) is 0 Å². The van der Waals surface area contributed by atoms with Crippen molar-refractivity contribution < 1.29 is 4.79 Å². The number of guanidine groups is 1. The molecule has 7 heteroatoms. The van der Waals surface area contributed by atoms with Crippen LogP contribution in [0.2, 0.25) is 0 Å². The summed E-state index contributed by atoms with van der Waals surface area (Å²) < 4.78 is 0. The standard InChI is InChI=1S/C25H38N6O/c1-4-26-25(27-11-10-21-18-28-23-19(2)8-7-9-22(21)23)31-16-14-29(15-17-31)20(3)24(32)30-12-5-6-13-30/h7-9,18,20,28H,4-6,10-17H2,1-3H3,(H,26,27). The summed E-state index contributed by atoms with van der Waals surface area (Å²) in [5.74, 6) is 1.28. The molecule has 1 unspecified atom stereocenters. The summed E-state index contributed by atoms with van der Waals surface area (Å²) in [6, 6.07) is 6.42. The minimum Gasteiger partial charge on any atom is -0.361 e. The molecular formula is C25H38N6O. The number of carbonyl (C=O) groups is 1. The molecule has 0 aliphatic carbocycles. The first-order chi connectivity index (χ1) is 15.6. The highest BCUT2D eigenvalue weighted by molar-refractivity contribution is 5.86. The molecule has 2 aromatic rings. The highest BCUT2D eigenvalue weighted by Gasteiger charge is 2.30. The average Bonchev–Trinajstić information content (AvgIpc) is 3.49. The Balaban J connectivity index is 1.33. The van der Waals surface area contributed by atoms with E-state index in [1.807, 2.05) is 4.90 Å². The number of fused-ring (bicyclic) bond motifs is 1. The van der Waals surface area contributed by atoms with Gasteiger partial charge in [0.05, 0.1) is 6.04 Å². The maximum absolute atomic E-state index is 12.8. The van der Waals surface area contributed by atoms with Gasteiger partial charge in [-0.15, -0.1) is 0 Å². The summed E-state index contributed by atoms with van der Waals surface area (Å²) in [5, 5.41) is 4.77. The van der Waals surface area contributed by atoms with Crippen molar-refractivity contribution in [3.8, 4) is 0 Å². The number of benzene rings is 1. The van der Waals surface area contributed by atoms with Crippen LogP contribution in [0.4, 0.5) is 0 Å². The zero-order valence-corrected chi connectivity index (χ0v) is 19.9. The minimum atomic E-state index is -0.0277. The quantitative estimate of drug-likeness (QED) is 0.538. The number of hydrogen-bond acceptors (Lipinski definition) is 3. The molecule has 2 N–H and O–H groups in total. The Bertz CT molecular complexity index is 937. The van der Waals surface area contributed by atoms with Gasteiger partial charge in [0.25, 0.3) is 0 Å². The Hall–Kier alpha value is -2.54. The van der Waals surface area contributed by atoms with Crippen LogP contribution in [0.5, 0.6) is 0 Å². The molecule has 2 aliphatic rings. The van der Waals surface area contributed by atoms with Crippen LogP contribution in [0.25, 0.3) is 10.9 Å². The number of para-hydroxylation sites is 1. The van der Waals surface area contributed by atoms with Crippen molar-refractivity contribution in [1.82, 2.24) is 25.0 Å². The van der Waals surface area contributed by atoms with E-state index in [-0.39, 0.29) is 6.04 Å². The van der Waals surface area contributed by atoms with Gasteiger partial charge in [-0.3, -0.25) is 14.7 Å². The number of nitrogens with zero attached hydrogens (tertiary/aromatic N) is 4. The van der Waals surface area contributed by atoms with Gasteiger partial charge in [0, 0.05) is 69.5 Å². The molecule has 1 aromatic carbocycles. The number of nitrogens with one attached hydrogen (secondary N) is 2. The maximum atomic E-state index is 12.8. The van der Waals surface area contributed by atoms with Gasteiger partial charge < -0.3 is 20.1 Å². The third-order valence-electron chi connectivity index (χ3n) is 6.92. The molecule has 4 rings (SSSR count). The summed E-state index contributed by atoms with van der Waals surface area (Å²) in [6.45, 7) is 13.4. The molecule has 2 saturated heterocycles. The second kappa shape index (κ2) is 10.4. The number of hydrogen-bond donors (Lipinski definition) is 2. The van der Waals surface area contributed by atoms with Crippen molar-refractivity contribution in [3.63, 3.8) is 0 Å². The van der Waals surface area contributed by atoms with E-state index in [4.69, 9.17) is 4.99 Å². The second-order valence-electron chi connectivity index (χ2n) is 9.03. The number of rotatable bonds is 6. The molecule has 0 radical (unpaired) electrons. The SMILES string of the molecule is CCNC(=NCCc1c[nH]c2c(C)cccc12)N1CCN(C(C)C(=O)N2CCCC2)CC1. The number of amides is 1. The van der Waals surface area contributed by atoms with E-state index in [0.717, 1.165) is 77.6 Å². The molecule has 7 nitrogen and oxygen atoms in total. The predicted octanol–water partition coefficient (Wildman–Crippen LogP) is 2.61. The van der Waals surface area contributed by atoms with Gasteiger partial charge in [-0.2, -0.15) is 0 Å². The summed E-state index contributed by atoms with van der Waals surface area (Å²) in [5.41, 5.74) is 3.83. The van der Waals surface area contributed by atoms with Crippen LogP contribution >= 0.6 is 0 Å². The fraction of sp³-hybridized carbons (Fsp3) is 0.600. The highest BCUT2D eigenvalue weighted by atomic mass is 16.2. The summed E-state index contributed by atoms with van der Waals surface area (Å²) in [4.78, 5) is 27.8. The van der Waals surface area contributed by atoms with E-state index >= 15 is 0 Å². The topological polar surface area (TPSA) is 67.0 Å². The van der Waals surface area contributed by atoms with E-state index < -0.39 is 0 Å². The Morgan fingerprint density at radius 2 is 1.88 bits per heavy atom. The van der Waals surface area contributed by atoms with E-state index in [9.17, 15) is 4.79 Å². The molecule has 2 fully saturated rings. The van der Waals surface area contributed by atoms with Crippen LogP contribution < -0.4 is 5.32 Å². The van der Waals surface area contributed by atoms with Gasteiger partial charge in [0.1, 0.15) is 0 Å². The smallest absolute Gasteiger partial charge is 0.239 e. The van der Waals surface area contributed by atoms with Gasteiger partial charge in [0.15, 0.2) is 5.96 Å². The Labute approximate surface area is 191 Å². The lowest BCUT2D eigenvalue weighted by Crippen LogP contribution is -2.57. The number of aliphatic imine (C=N–C) groups is 1. The summed E-state index contributed by atoms with van der Waals surface area (Å²) in [6.07, 6.45) is 5.33. The number of H-pyrrole nitrogens is 1. The second-order valence-corrected chi connectivity index (χ2v) is 9.03. The molecule has 1 amide bonds. The van der Waals surface area contributed by atoms with Crippen molar-refractivity contribution in [2.45, 2.75) is 46.1 Å². The van der Waals surface area contributed by atoms with Gasteiger partial charge in [-0.25, -0.2) is 0 Å². The van der Waals surface area contributed by atoms with Crippen LogP contribution in [0.3, 0.4) is 0 Å². The number of aryl methyl sites for hydroxylation is 1. The van der Waals surface area contributed by atoms with Gasteiger partial charge >= 0.3 is 0 Å². The molecular weight excluding hydrogens is 400 g/mol. The number of likely N-dealkylation sites (tertiary alicyclic amines) is 1. The lowest BCUT2D eigenvalue weighted by Gasteiger charge is -2.39. The average molecular weight is 439 g/mol. The Morgan fingerprint density at radius 3 is 2.59 bits per heavy atom. The lowest BCUT2D eigenvalue weighted by molar-refractivity contribution is -0.135. The summed E-state index contributed by atoms with van der Waals surface area (Å²) >= 11 is 0. The molecule has 1 aromatic heterocycles. The van der Waals surface area contributed by atoms with Crippen LogP contribution in [-0.4, -0.2) is 90.0 Å². The van der Waals surface area contributed by atoms with Crippen LogP contribution in [-0.2, 0) is 11.2 Å². The monoisotopic (exact) mass is 438 g/mol. The largest absolute Gasteiger partial charge is 0.361 e. The number of piperazine rings is 1. The zero-order valence-electron chi connectivity index (χ0n) is 19.9. The molecule has 2 aliphatic heterocycles. The van der Waals surface area contributed by atoms with Crippen LogP contribution in [0.1, 0.15) is 37.8 Å². The van der Waals surface area contributed by atoms with E-state index in [1.54, 1.807) is 0 Å². The van der Waals surface area contributed by atoms with Crippen molar-refractivity contribution in [2.75, 3.05) is 52.4 Å². The van der Waals surface area contributed by atoms with Crippen LogP contribution in [0, 0.1) is 6.92 Å². The molecule has 1 atom stereocenters. The molecule has 0 spiro atoms. The third kappa shape index (κ3) is 4.93. The third-order valence-corrected chi connectivity index (χ3v) is 6.92. The molecule has 0 saturated carbocycles. The molecule has 32 heavy (non-hydrogen) atoms. The number of aromatic amines is 1. The first-order valence-corrected chi connectivity index (χ1v) is 12.2. The van der Waals surface area contributed by atoms with Gasteiger partial charge in [-0.05, 0) is 51.2 Å². The number of aromatic nitrogens is 1. The summed E-state index contributed by atoms with van der Waals surface area (Å²) in [7, 11) is 0. The maximum Gasteiger partial charge on any atom is 0.239 e. The van der Waals surface area contributed by atoms with Crippen molar-refractivity contribution in [2.24, 2.45) is 4.99 Å². The Morgan fingerprint density at radius 1 is 1.12 bits per heavy atom. The first kappa shape index (κ1) is 22.6. The number of carbonyl (C=O) groups excluding carboxylic acids is 1. The van der Waals surface area contributed by atoms with Crippen molar-refractivity contribution in [3.05, 3.63) is 35.5 Å². The fourth-order valence-electron chi connectivity index (χ4n) is 4.96. The fourth-order valence-corrected chi connectivity index (χ4v) is 4.96. The normalized spacial score (nSPS) is 19.0. The highest BCUT2D eigenvalue weighted by Crippen LogP contribution is 2.21. The van der Waals surface area contributed by atoms with Crippen molar-refractivity contribution >= 4 is 22.8 Å². The van der Waals surface area contributed by atoms with E-state index in [2.05, 4.69) is 65.3 Å². The first-order valence-electron chi connectivity index (χ1n) is 12.2. The van der Waals surface area contributed by atoms with Gasteiger partial charge in [-0.1, -0.05) is 18.2 Å².